The largest absolute Gasteiger partial charge is 0.421 e. The maximum absolute atomic E-state index is 6.40. The Morgan fingerprint density at radius 2 is 1.59 bits per heavy atom. The molecule has 0 saturated heterocycles. The van der Waals surface area contributed by atoms with Gasteiger partial charge in [0.25, 0.3) is 5.58 Å². The van der Waals surface area contributed by atoms with E-state index in [1.807, 2.05) is 47.2 Å². The van der Waals surface area contributed by atoms with E-state index in [0.29, 0.717) is 0 Å². The molecule has 0 spiro atoms. The topological polar surface area (TPSA) is 30.2 Å². The van der Waals surface area contributed by atoms with Gasteiger partial charge in [0.05, 0.1) is 10.1 Å². The van der Waals surface area contributed by atoms with Gasteiger partial charge in [0.15, 0.2) is 0 Å². The molecule has 0 bridgehead atoms. The molecule has 4 heteroatoms. The summed E-state index contributed by atoms with van der Waals surface area (Å²) >= 11 is 1.82. The second kappa shape index (κ2) is 5.21. The predicted molar refractivity (Wildman–Crippen MR) is 110 cm³/mol. The number of furan rings is 1. The van der Waals surface area contributed by atoms with Crippen LogP contribution in [0.5, 0.6) is 0 Å². The fraction of sp³-hybridized carbons (Fsp3) is 0.0870. The van der Waals surface area contributed by atoms with Gasteiger partial charge in [0.1, 0.15) is 18.2 Å². The van der Waals surface area contributed by atoms with E-state index in [1.54, 1.807) is 0 Å². The van der Waals surface area contributed by atoms with Crippen molar-refractivity contribution in [1.29, 1.82) is 0 Å². The van der Waals surface area contributed by atoms with Crippen LogP contribution < -0.4 is 4.57 Å². The summed E-state index contributed by atoms with van der Waals surface area (Å²) in [7, 11) is 2.01. The molecule has 0 unspecified atom stereocenters. The molecular formula is C23H16NO2S+. The number of thiophene rings is 1. The smallest absolute Gasteiger partial charge is 0.401 e. The lowest BCUT2D eigenvalue weighted by Crippen LogP contribution is -2.28. The molecule has 6 aromatic rings. The van der Waals surface area contributed by atoms with E-state index < -0.39 is 0 Å². The summed E-state index contributed by atoms with van der Waals surface area (Å²) < 4.78 is 17.0. The molecule has 0 aliphatic carbocycles. The maximum Gasteiger partial charge on any atom is 0.421 e. The number of rotatable bonds is 1. The maximum atomic E-state index is 6.40. The Balaban J connectivity index is 1.74. The number of hydrogen-bond acceptors (Lipinski definition) is 3. The third-order valence-corrected chi connectivity index (χ3v) is 6.51. The second-order valence-corrected chi connectivity index (χ2v) is 7.98. The molecule has 3 heterocycles. The molecule has 3 nitrogen and oxygen atoms in total. The molecule has 0 saturated carbocycles. The Morgan fingerprint density at radius 1 is 0.815 bits per heavy atom. The van der Waals surface area contributed by atoms with Crippen LogP contribution in [0.3, 0.4) is 0 Å². The number of nitrogens with zero attached hydrogens (tertiary/aromatic N) is 1. The molecular weight excluding hydrogens is 354 g/mol. The van der Waals surface area contributed by atoms with Gasteiger partial charge in [-0.25, -0.2) is 0 Å². The predicted octanol–water partition coefficient (Wildman–Crippen LogP) is 6.35. The SMILES string of the molecule is Cc1ccc2c(sc3ccccc32)c1-c1oc2c3ccccc3oc2[n+]1C. The number of hydrogen-bond donors (Lipinski definition) is 0. The Hall–Kier alpha value is -3.11. The lowest BCUT2D eigenvalue weighted by molar-refractivity contribution is -0.643. The monoisotopic (exact) mass is 370 g/mol. The highest BCUT2D eigenvalue weighted by Gasteiger charge is 2.30. The van der Waals surface area contributed by atoms with Crippen LogP contribution in [0.4, 0.5) is 0 Å². The summed E-state index contributed by atoms with van der Waals surface area (Å²) in [5, 5.41) is 3.58. The van der Waals surface area contributed by atoms with Crippen LogP contribution in [0, 0.1) is 6.92 Å². The normalized spacial score (nSPS) is 12.1. The van der Waals surface area contributed by atoms with Gasteiger partial charge in [-0.05, 0) is 30.7 Å². The van der Waals surface area contributed by atoms with Crippen LogP contribution in [0.1, 0.15) is 5.56 Å². The quantitative estimate of drug-likeness (QED) is 0.316. The third-order valence-electron chi connectivity index (χ3n) is 5.31. The van der Waals surface area contributed by atoms with E-state index >= 15 is 0 Å². The summed E-state index contributed by atoms with van der Waals surface area (Å²) in [6, 6.07) is 21.0. The van der Waals surface area contributed by atoms with Crippen molar-refractivity contribution < 1.29 is 13.4 Å². The van der Waals surface area contributed by atoms with Crippen molar-refractivity contribution in [3.8, 4) is 11.5 Å². The molecule has 27 heavy (non-hydrogen) atoms. The molecule has 0 aliphatic heterocycles. The highest BCUT2D eigenvalue weighted by molar-refractivity contribution is 7.26. The third kappa shape index (κ3) is 1.93. The first-order valence-corrected chi connectivity index (χ1v) is 9.75. The number of para-hydroxylation sites is 1. The van der Waals surface area contributed by atoms with E-state index in [1.165, 1.54) is 25.7 Å². The zero-order chi connectivity index (χ0) is 18.1. The average molecular weight is 370 g/mol. The van der Waals surface area contributed by atoms with Crippen molar-refractivity contribution in [3.63, 3.8) is 0 Å². The molecule has 0 N–H and O–H groups in total. The highest BCUT2D eigenvalue weighted by atomic mass is 32.1. The van der Waals surface area contributed by atoms with Crippen LogP contribution in [0.2, 0.25) is 0 Å². The average Bonchev–Trinajstić information content (AvgIpc) is 3.33. The molecule has 130 valence electrons. The van der Waals surface area contributed by atoms with Gasteiger partial charge in [-0.3, -0.25) is 0 Å². The molecule has 6 rings (SSSR count). The van der Waals surface area contributed by atoms with Crippen molar-refractivity contribution in [3.05, 3.63) is 66.2 Å². The summed E-state index contributed by atoms with van der Waals surface area (Å²) in [6.07, 6.45) is 0. The number of fused-ring (bicyclic) bond motifs is 6. The van der Waals surface area contributed by atoms with E-state index in [2.05, 4.69) is 43.3 Å². The fourth-order valence-electron chi connectivity index (χ4n) is 3.96. The van der Waals surface area contributed by atoms with Crippen molar-refractivity contribution in [1.82, 2.24) is 0 Å². The molecule has 0 fully saturated rings. The van der Waals surface area contributed by atoms with Gasteiger partial charge in [-0.15, -0.1) is 15.9 Å². The van der Waals surface area contributed by atoms with Crippen LogP contribution >= 0.6 is 11.3 Å². The Morgan fingerprint density at radius 3 is 2.48 bits per heavy atom. The van der Waals surface area contributed by atoms with E-state index in [4.69, 9.17) is 8.83 Å². The summed E-state index contributed by atoms with van der Waals surface area (Å²) in [6.45, 7) is 2.14. The van der Waals surface area contributed by atoms with E-state index in [9.17, 15) is 0 Å². The van der Waals surface area contributed by atoms with Gasteiger partial charge >= 0.3 is 11.6 Å². The number of benzene rings is 3. The second-order valence-electron chi connectivity index (χ2n) is 6.93. The highest BCUT2D eigenvalue weighted by Crippen LogP contribution is 2.42. The van der Waals surface area contributed by atoms with E-state index in [-0.39, 0.29) is 0 Å². The summed E-state index contributed by atoms with van der Waals surface area (Å²) in [4.78, 5) is 0. The Kier molecular flexibility index (Phi) is 2.89. The molecule has 0 aliphatic rings. The zero-order valence-electron chi connectivity index (χ0n) is 14.9. The minimum atomic E-state index is 0.767. The van der Waals surface area contributed by atoms with Crippen molar-refractivity contribution in [2.75, 3.05) is 0 Å². The minimum Gasteiger partial charge on any atom is -0.401 e. The molecule has 0 radical (unpaired) electrons. The summed E-state index contributed by atoms with van der Waals surface area (Å²) in [5.74, 6) is 0.837. The number of aryl methyl sites for hydroxylation is 2. The van der Waals surface area contributed by atoms with Gasteiger partial charge in [0.2, 0.25) is 0 Å². The Labute approximate surface area is 159 Å². The van der Waals surface area contributed by atoms with E-state index in [0.717, 1.165) is 33.7 Å². The van der Waals surface area contributed by atoms with Gasteiger partial charge in [-0.1, -0.05) is 42.5 Å². The van der Waals surface area contributed by atoms with Crippen molar-refractivity contribution in [2.24, 2.45) is 7.05 Å². The number of aromatic nitrogens is 1. The lowest BCUT2D eigenvalue weighted by atomic mass is 10.0. The fourth-order valence-corrected chi connectivity index (χ4v) is 5.25. The molecule has 3 aromatic heterocycles. The first-order valence-electron chi connectivity index (χ1n) is 8.93. The minimum absolute atomic E-state index is 0.767. The van der Waals surface area contributed by atoms with Crippen molar-refractivity contribution >= 4 is 53.8 Å². The molecule has 0 atom stereocenters. The first-order chi connectivity index (χ1) is 13.2. The van der Waals surface area contributed by atoms with Crippen molar-refractivity contribution in [2.45, 2.75) is 6.92 Å². The van der Waals surface area contributed by atoms with Crippen LogP contribution in [0.25, 0.3) is 53.9 Å². The van der Waals surface area contributed by atoms with Crippen LogP contribution in [0.15, 0.2) is 69.5 Å². The Bertz CT molecular complexity index is 1500. The zero-order valence-corrected chi connectivity index (χ0v) is 15.8. The summed E-state index contributed by atoms with van der Waals surface area (Å²) in [5.41, 5.74) is 4.77. The number of oxazole rings is 1. The first kappa shape index (κ1) is 15.0. The van der Waals surface area contributed by atoms with Gasteiger partial charge < -0.3 is 8.83 Å². The van der Waals surface area contributed by atoms with Crippen LogP contribution in [-0.2, 0) is 7.05 Å². The van der Waals surface area contributed by atoms with Gasteiger partial charge in [-0.2, -0.15) is 0 Å². The van der Waals surface area contributed by atoms with Crippen LogP contribution in [-0.4, -0.2) is 0 Å². The molecule has 3 aromatic carbocycles. The van der Waals surface area contributed by atoms with Gasteiger partial charge in [0, 0.05) is 15.5 Å². The molecule has 0 amide bonds. The standard InChI is InChI=1S/C23H16NO2S/c1-13-11-12-15-14-7-4-6-10-18(14)27-21(15)19(13)22-24(2)23-20(26-22)16-8-3-5-9-17(16)25-23/h3-12H,1-2H3/q+1. The lowest BCUT2D eigenvalue weighted by Gasteiger charge is -2.01.